The fraction of sp³-hybridized carbons (Fsp3) is 0. The molecule has 0 aliphatic heterocycles. The summed E-state index contributed by atoms with van der Waals surface area (Å²) in [6.07, 6.45) is 2.84. The standard InChI is InChI=1S/C8H3ClN4/c9-7-6-5(3-10)1-2-11-8(6)13-4-12-7/h1-2,4H. The maximum atomic E-state index is 8.77. The molecule has 2 aromatic rings. The van der Waals surface area contributed by atoms with E-state index in [0.717, 1.165) is 0 Å². The number of aromatic nitrogens is 3. The van der Waals surface area contributed by atoms with Gasteiger partial charge in [-0.15, -0.1) is 0 Å². The SMILES string of the molecule is N#Cc1ccnc2ncnc(Cl)c12. The summed E-state index contributed by atoms with van der Waals surface area (Å²) in [5.41, 5.74) is 0.884. The summed E-state index contributed by atoms with van der Waals surface area (Å²) >= 11 is 5.80. The summed E-state index contributed by atoms with van der Waals surface area (Å²) in [6.45, 7) is 0. The van der Waals surface area contributed by atoms with Gasteiger partial charge in [0, 0.05) is 6.20 Å². The van der Waals surface area contributed by atoms with E-state index >= 15 is 0 Å². The van der Waals surface area contributed by atoms with E-state index in [9.17, 15) is 0 Å². The van der Waals surface area contributed by atoms with E-state index in [1.165, 1.54) is 12.5 Å². The Morgan fingerprint density at radius 2 is 2.15 bits per heavy atom. The van der Waals surface area contributed by atoms with Crippen molar-refractivity contribution in [2.24, 2.45) is 0 Å². The summed E-state index contributed by atoms with van der Waals surface area (Å²) in [5.74, 6) is 0. The van der Waals surface area contributed by atoms with Gasteiger partial charge >= 0.3 is 0 Å². The highest BCUT2D eigenvalue weighted by Crippen LogP contribution is 2.20. The van der Waals surface area contributed by atoms with E-state index in [0.29, 0.717) is 16.6 Å². The van der Waals surface area contributed by atoms with Crippen LogP contribution in [0.15, 0.2) is 18.6 Å². The summed E-state index contributed by atoms with van der Waals surface area (Å²) < 4.78 is 0. The second-order valence-electron chi connectivity index (χ2n) is 2.33. The molecule has 13 heavy (non-hydrogen) atoms. The second-order valence-corrected chi connectivity index (χ2v) is 2.69. The van der Waals surface area contributed by atoms with Gasteiger partial charge in [-0.2, -0.15) is 5.26 Å². The van der Waals surface area contributed by atoms with E-state index in [-0.39, 0.29) is 5.15 Å². The zero-order valence-electron chi connectivity index (χ0n) is 6.40. The molecule has 62 valence electrons. The number of fused-ring (bicyclic) bond motifs is 1. The maximum absolute atomic E-state index is 8.77. The zero-order valence-corrected chi connectivity index (χ0v) is 7.15. The quantitative estimate of drug-likeness (QED) is 0.592. The van der Waals surface area contributed by atoms with Gasteiger partial charge in [0.2, 0.25) is 0 Å². The number of hydrogen-bond acceptors (Lipinski definition) is 4. The van der Waals surface area contributed by atoms with E-state index in [2.05, 4.69) is 15.0 Å². The fourth-order valence-corrected chi connectivity index (χ4v) is 1.27. The first-order valence-corrected chi connectivity index (χ1v) is 3.86. The van der Waals surface area contributed by atoms with Crippen LogP contribution in [0.2, 0.25) is 5.15 Å². The Morgan fingerprint density at radius 1 is 1.31 bits per heavy atom. The van der Waals surface area contributed by atoms with Gasteiger partial charge in [0.15, 0.2) is 5.65 Å². The van der Waals surface area contributed by atoms with Gasteiger partial charge in [0.1, 0.15) is 17.5 Å². The van der Waals surface area contributed by atoms with Crippen molar-refractivity contribution in [1.82, 2.24) is 15.0 Å². The van der Waals surface area contributed by atoms with Crippen molar-refractivity contribution in [1.29, 1.82) is 5.26 Å². The first-order valence-electron chi connectivity index (χ1n) is 3.48. The molecule has 0 saturated carbocycles. The lowest BCUT2D eigenvalue weighted by molar-refractivity contribution is 1.18. The van der Waals surface area contributed by atoms with Gasteiger partial charge in [0.25, 0.3) is 0 Å². The van der Waals surface area contributed by atoms with Crippen LogP contribution in [0.5, 0.6) is 0 Å². The normalized spacial score (nSPS) is 9.85. The first-order chi connectivity index (χ1) is 6.33. The molecule has 0 N–H and O–H groups in total. The van der Waals surface area contributed by atoms with Crippen LogP contribution in [0.1, 0.15) is 5.56 Å². The Hall–Kier alpha value is -1.73. The number of nitrogens with zero attached hydrogens (tertiary/aromatic N) is 4. The number of hydrogen-bond donors (Lipinski definition) is 0. The lowest BCUT2D eigenvalue weighted by Crippen LogP contribution is -1.89. The highest BCUT2D eigenvalue weighted by molar-refractivity contribution is 6.34. The third kappa shape index (κ3) is 1.19. The molecule has 0 aromatic carbocycles. The smallest absolute Gasteiger partial charge is 0.165 e. The molecule has 2 rings (SSSR count). The van der Waals surface area contributed by atoms with Crippen molar-refractivity contribution in [2.45, 2.75) is 0 Å². The molecule has 2 aromatic heterocycles. The van der Waals surface area contributed by atoms with Crippen molar-refractivity contribution in [2.75, 3.05) is 0 Å². The lowest BCUT2D eigenvalue weighted by atomic mass is 10.2. The highest BCUT2D eigenvalue weighted by atomic mass is 35.5. The third-order valence-corrected chi connectivity index (χ3v) is 1.90. The molecule has 2 heterocycles. The third-order valence-electron chi connectivity index (χ3n) is 1.61. The summed E-state index contributed by atoms with van der Waals surface area (Å²) in [7, 11) is 0. The highest BCUT2D eigenvalue weighted by Gasteiger charge is 2.06. The van der Waals surface area contributed by atoms with E-state index in [1.807, 2.05) is 6.07 Å². The van der Waals surface area contributed by atoms with Crippen molar-refractivity contribution < 1.29 is 0 Å². The van der Waals surface area contributed by atoms with Crippen LogP contribution in [0, 0.1) is 11.3 Å². The molecule has 0 saturated heterocycles. The molecule has 0 aliphatic rings. The van der Waals surface area contributed by atoms with Gasteiger partial charge in [-0.3, -0.25) is 0 Å². The van der Waals surface area contributed by atoms with Crippen LogP contribution in [-0.2, 0) is 0 Å². The van der Waals surface area contributed by atoms with E-state index in [1.54, 1.807) is 6.07 Å². The predicted molar refractivity (Wildman–Crippen MR) is 47.1 cm³/mol. The van der Waals surface area contributed by atoms with Crippen molar-refractivity contribution >= 4 is 22.6 Å². The minimum Gasteiger partial charge on any atom is -0.236 e. The van der Waals surface area contributed by atoms with E-state index in [4.69, 9.17) is 16.9 Å². The Morgan fingerprint density at radius 3 is 2.92 bits per heavy atom. The zero-order chi connectivity index (χ0) is 9.26. The monoisotopic (exact) mass is 190 g/mol. The predicted octanol–water partition coefficient (Wildman–Crippen LogP) is 1.55. The maximum Gasteiger partial charge on any atom is 0.165 e. The molecule has 0 atom stereocenters. The molecular formula is C8H3ClN4. The Bertz CT molecular complexity index is 498. The van der Waals surface area contributed by atoms with Gasteiger partial charge in [0.05, 0.1) is 10.9 Å². The van der Waals surface area contributed by atoms with Gasteiger partial charge in [-0.1, -0.05) is 11.6 Å². The van der Waals surface area contributed by atoms with Crippen LogP contribution < -0.4 is 0 Å². The lowest BCUT2D eigenvalue weighted by Gasteiger charge is -1.97. The summed E-state index contributed by atoms with van der Waals surface area (Å²) in [4.78, 5) is 11.6. The molecular weight excluding hydrogens is 188 g/mol. The topological polar surface area (TPSA) is 62.5 Å². The molecule has 0 unspecified atom stereocenters. The van der Waals surface area contributed by atoms with E-state index < -0.39 is 0 Å². The minimum absolute atomic E-state index is 0.259. The average molecular weight is 191 g/mol. The molecule has 0 spiro atoms. The molecule has 4 nitrogen and oxygen atoms in total. The largest absolute Gasteiger partial charge is 0.236 e. The molecule has 0 amide bonds. The van der Waals surface area contributed by atoms with Crippen LogP contribution in [0.4, 0.5) is 0 Å². The molecule has 5 heteroatoms. The Kier molecular flexibility index (Phi) is 1.80. The van der Waals surface area contributed by atoms with Gasteiger partial charge in [-0.25, -0.2) is 15.0 Å². The van der Waals surface area contributed by atoms with Crippen LogP contribution in [0.3, 0.4) is 0 Å². The first kappa shape index (κ1) is 7.90. The number of nitriles is 1. The summed E-state index contributed by atoms with van der Waals surface area (Å²) in [5, 5.41) is 9.54. The van der Waals surface area contributed by atoms with Crippen LogP contribution >= 0.6 is 11.6 Å². The number of pyridine rings is 1. The Balaban J connectivity index is 2.97. The van der Waals surface area contributed by atoms with Gasteiger partial charge < -0.3 is 0 Å². The Labute approximate surface area is 78.8 Å². The molecule has 0 radical (unpaired) electrons. The number of rotatable bonds is 0. The summed E-state index contributed by atoms with van der Waals surface area (Å²) in [6, 6.07) is 3.59. The minimum atomic E-state index is 0.259. The molecule has 0 fully saturated rings. The second kappa shape index (κ2) is 2.96. The fourth-order valence-electron chi connectivity index (χ4n) is 1.04. The van der Waals surface area contributed by atoms with Crippen LogP contribution in [0.25, 0.3) is 11.0 Å². The van der Waals surface area contributed by atoms with Crippen molar-refractivity contribution in [3.8, 4) is 6.07 Å². The van der Waals surface area contributed by atoms with Crippen molar-refractivity contribution in [3.05, 3.63) is 29.3 Å². The average Bonchev–Trinajstić information content (AvgIpc) is 2.17. The van der Waals surface area contributed by atoms with Crippen molar-refractivity contribution in [3.63, 3.8) is 0 Å². The molecule has 0 bridgehead atoms. The number of halogens is 1. The molecule has 0 aliphatic carbocycles. The van der Waals surface area contributed by atoms with Gasteiger partial charge in [-0.05, 0) is 6.07 Å². The van der Waals surface area contributed by atoms with Crippen LogP contribution in [-0.4, -0.2) is 15.0 Å².